The molecule has 0 saturated carbocycles. The number of ether oxygens (including phenoxy) is 1. The molecule has 0 radical (unpaired) electrons. The molecule has 5 heteroatoms. The molecule has 0 heterocycles. The Morgan fingerprint density at radius 1 is 0.867 bits per heavy atom. The lowest BCUT2D eigenvalue weighted by Crippen LogP contribution is -2.23. The number of hydrogen-bond donors (Lipinski definition) is 2. The third kappa shape index (κ3) is 5.70. The minimum absolute atomic E-state index is 0.137. The van der Waals surface area contributed by atoms with Crippen LogP contribution in [0.3, 0.4) is 0 Å². The Bertz CT molecular complexity index is 1020. The summed E-state index contributed by atoms with van der Waals surface area (Å²) in [6.07, 6.45) is 0. The second kappa shape index (κ2) is 9.74. The van der Waals surface area contributed by atoms with Gasteiger partial charge in [0.2, 0.25) is 0 Å². The van der Waals surface area contributed by atoms with Crippen LogP contribution in [0.4, 0.5) is 5.69 Å². The summed E-state index contributed by atoms with van der Waals surface area (Å²) in [5.74, 6) is 0.0264. The number of carbonyl (C=O) groups is 2. The van der Waals surface area contributed by atoms with Crippen LogP contribution < -0.4 is 15.4 Å². The van der Waals surface area contributed by atoms with Crippen LogP contribution in [0.1, 0.15) is 32.6 Å². The highest BCUT2D eigenvalue weighted by Crippen LogP contribution is 2.22. The summed E-state index contributed by atoms with van der Waals surface area (Å²) < 4.78 is 5.61. The van der Waals surface area contributed by atoms with Crippen molar-refractivity contribution in [2.45, 2.75) is 27.3 Å². The maximum atomic E-state index is 12.4. The van der Waals surface area contributed by atoms with E-state index in [1.54, 1.807) is 24.3 Å². The van der Waals surface area contributed by atoms with Gasteiger partial charge in [-0.05, 0) is 55.7 Å². The molecule has 2 N–H and O–H groups in total. The molecule has 0 aliphatic rings. The monoisotopic (exact) mass is 402 g/mol. The standard InChI is InChI=1S/C25H26N2O3/c1-17-12-18(2)24(19(3)13-17)27-23(28)16-30-22-11-7-10-21(14-22)25(29)26-15-20-8-5-4-6-9-20/h4-14H,15-16H2,1-3H3,(H,26,29)(H,27,28). The number of anilines is 1. The molecule has 3 rings (SSSR count). The first-order valence-electron chi connectivity index (χ1n) is 9.85. The summed E-state index contributed by atoms with van der Waals surface area (Å²) in [6, 6.07) is 20.6. The highest BCUT2D eigenvalue weighted by molar-refractivity contribution is 5.95. The van der Waals surface area contributed by atoms with E-state index in [-0.39, 0.29) is 18.4 Å². The molecule has 0 unspecified atom stereocenters. The third-order valence-corrected chi connectivity index (χ3v) is 4.70. The van der Waals surface area contributed by atoms with Crippen LogP contribution in [-0.2, 0) is 11.3 Å². The van der Waals surface area contributed by atoms with Crippen LogP contribution in [0, 0.1) is 20.8 Å². The minimum atomic E-state index is -0.246. The first kappa shape index (κ1) is 21.1. The zero-order chi connectivity index (χ0) is 21.5. The van der Waals surface area contributed by atoms with Crippen LogP contribution in [0.25, 0.3) is 0 Å². The molecule has 2 amide bonds. The minimum Gasteiger partial charge on any atom is -0.484 e. The van der Waals surface area contributed by atoms with Crippen molar-refractivity contribution in [1.82, 2.24) is 5.32 Å². The van der Waals surface area contributed by atoms with Gasteiger partial charge in [0.05, 0.1) is 0 Å². The molecule has 0 saturated heterocycles. The van der Waals surface area contributed by atoms with Crippen molar-refractivity contribution in [2.24, 2.45) is 0 Å². The Morgan fingerprint density at radius 2 is 1.57 bits per heavy atom. The van der Waals surface area contributed by atoms with Gasteiger partial charge in [0, 0.05) is 17.8 Å². The van der Waals surface area contributed by atoms with E-state index in [1.807, 2.05) is 63.2 Å². The van der Waals surface area contributed by atoms with E-state index < -0.39 is 0 Å². The zero-order valence-electron chi connectivity index (χ0n) is 17.5. The Labute approximate surface area is 177 Å². The average molecular weight is 402 g/mol. The molecule has 0 aromatic heterocycles. The maximum absolute atomic E-state index is 12.4. The molecule has 5 nitrogen and oxygen atoms in total. The molecule has 3 aromatic carbocycles. The summed E-state index contributed by atoms with van der Waals surface area (Å²) in [5.41, 5.74) is 5.49. The first-order chi connectivity index (χ1) is 14.4. The van der Waals surface area contributed by atoms with E-state index in [9.17, 15) is 9.59 Å². The Hall–Kier alpha value is -3.60. The van der Waals surface area contributed by atoms with Crippen LogP contribution in [-0.4, -0.2) is 18.4 Å². The second-order valence-corrected chi connectivity index (χ2v) is 7.31. The molecule has 0 fully saturated rings. The van der Waals surface area contributed by atoms with Gasteiger partial charge in [-0.1, -0.05) is 54.1 Å². The zero-order valence-corrected chi connectivity index (χ0v) is 17.5. The summed E-state index contributed by atoms with van der Waals surface area (Å²) in [5, 5.41) is 5.79. The molecule has 0 aliphatic carbocycles. The lowest BCUT2D eigenvalue weighted by Gasteiger charge is -2.13. The fourth-order valence-electron chi connectivity index (χ4n) is 3.31. The van der Waals surface area contributed by atoms with Crippen molar-refractivity contribution in [3.63, 3.8) is 0 Å². The van der Waals surface area contributed by atoms with Crippen LogP contribution in [0.15, 0.2) is 66.7 Å². The number of aryl methyl sites for hydroxylation is 3. The van der Waals surface area contributed by atoms with Gasteiger partial charge in [-0.25, -0.2) is 0 Å². The average Bonchev–Trinajstić information content (AvgIpc) is 2.74. The highest BCUT2D eigenvalue weighted by atomic mass is 16.5. The Balaban J connectivity index is 1.56. The fraction of sp³-hybridized carbons (Fsp3) is 0.200. The van der Waals surface area contributed by atoms with Gasteiger partial charge in [-0.3, -0.25) is 9.59 Å². The highest BCUT2D eigenvalue weighted by Gasteiger charge is 2.11. The number of hydrogen-bond acceptors (Lipinski definition) is 3. The molecule has 30 heavy (non-hydrogen) atoms. The van der Waals surface area contributed by atoms with Crippen LogP contribution in [0.5, 0.6) is 5.75 Å². The normalized spacial score (nSPS) is 10.4. The number of carbonyl (C=O) groups excluding carboxylic acids is 2. The fourth-order valence-corrected chi connectivity index (χ4v) is 3.31. The smallest absolute Gasteiger partial charge is 0.262 e. The molecular formula is C25H26N2O3. The van der Waals surface area contributed by atoms with Gasteiger partial charge in [-0.15, -0.1) is 0 Å². The van der Waals surface area contributed by atoms with Crippen LogP contribution >= 0.6 is 0 Å². The van der Waals surface area contributed by atoms with E-state index in [1.165, 1.54) is 0 Å². The molecule has 0 aliphatic heterocycles. The summed E-state index contributed by atoms with van der Waals surface area (Å²) >= 11 is 0. The Kier molecular flexibility index (Phi) is 6.86. The van der Waals surface area contributed by atoms with Crippen molar-refractivity contribution in [1.29, 1.82) is 0 Å². The van der Waals surface area contributed by atoms with Crippen molar-refractivity contribution in [3.8, 4) is 5.75 Å². The van der Waals surface area contributed by atoms with E-state index >= 15 is 0 Å². The van der Waals surface area contributed by atoms with Gasteiger partial charge in [0.15, 0.2) is 6.61 Å². The predicted molar refractivity (Wildman–Crippen MR) is 119 cm³/mol. The van der Waals surface area contributed by atoms with Gasteiger partial charge >= 0.3 is 0 Å². The SMILES string of the molecule is Cc1cc(C)c(NC(=O)COc2cccc(C(=O)NCc3ccccc3)c2)c(C)c1. The molecular weight excluding hydrogens is 376 g/mol. The third-order valence-electron chi connectivity index (χ3n) is 4.70. The van der Waals surface area contributed by atoms with Gasteiger partial charge < -0.3 is 15.4 Å². The van der Waals surface area contributed by atoms with E-state index in [2.05, 4.69) is 10.6 Å². The second-order valence-electron chi connectivity index (χ2n) is 7.31. The molecule has 154 valence electrons. The number of amides is 2. The van der Waals surface area contributed by atoms with Crippen molar-refractivity contribution < 1.29 is 14.3 Å². The predicted octanol–water partition coefficient (Wildman–Crippen LogP) is 4.56. The maximum Gasteiger partial charge on any atom is 0.262 e. The number of benzene rings is 3. The molecule has 0 atom stereocenters. The van der Waals surface area contributed by atoms with E-state index in [4.69, 9.17) is 4.74 Å². The van der Waals surface area contributed by atoms with Gasteiger partial charge in [0.1, 0.15) is 5.75 Å². The molecule has 3 aromatic rings. The van der Waals surface area contributed by atoms with Crippen LogP contribution in [0.2, 0.25) is 0 Å². The van der Waals surface area contributed by atoms with Gasteiger partial charge in [0.25, 0.3) is 11.8 Å². The molecule has 0 bridgehead atoms. The van der Waals surface area contributed by atoms with Crippen molar-refractivity contribution >= 4 is 17.5 Å². The largest absolute Gasteiger partial charge is 0.484 e. The van der Waals surface area contributed by atoms with Crippen molar-refractivity contribution in [2.75, 3.05) is 11.9 Å². The molecule has 0 spiro atoms. The topological polar surface area (TPSA) is 67.4 Å². The van der Waals surface area contributed by atoms with Crippen molar-refractivity contribution in [3.05, 3.63) is 94.5 Å². The Morgan fingerprint density at radius 3 is 2.27 bits per heavy atom. The quantitative estimate of drug-likeness (QED) is 0.609. The van der Waals surface area contributed by atoms with E-state index in [0.717, 1.165) is 27.9 Å². The number of rotatable bonds is 7. The summed E-state index contributed by atoms with van der Waals surface area (Å²) in [4.78, 5) is 24.7. The summed E-state index contributed by atoms with van der Waals surface area (Å²) in [7, 11) is 0. The van der Waals surface area contributed by atoms with E-state index in [0.29, 0.717) is 17.9 Å². The van der Waals surface area contributed by atoms with Gasteiger partial charge in [-0.2, -0.15) is 0 Å². The lowest BCUT2D eigenvalue weighted by molar-refractivity contribution is -0.118. The summed E-state index contributed by atoms with van der Waals surface area (Å²) in [6.45, 7) is 6.27. The first-order valence-corrected chi connectivity index (χ1v) is 9.85. The number of nitrogens with one attached hydrogen (secondary N) is 2. The lowest BCUT2D eigenvalue weighted by atomic mass is 10.1.